The van der Waals surface area contributed by atoms with Crippen LogP contribution < -0.4 is 0 Å². The van der Waals surface area contributed by atoms with Crippen LogP contribution in [-0.2, 0) is 5.41 Å². The van der Waals surface area contributed by atoms with E-state index in [0.29, 0.717) is 16.7 Å². The Labute approximate surface area is 143 Å². The van der Waals surface area contributed by atoms with Gasteiger partial charge in [0.1, 0.15) is 6.10 Å². The third kappa shape index (κ3) is 2.12. The highest BCUT2D eigenvalue weighted by Gasteiger charge is 2.57. The van der Waals surface area contributed by atoms with Crippen molar-refractivity contribution in [1.29, 1.82) is 0 Å². The molecule has 3 atom stereocenters. The van der Waals surface area contributed by atoms with Crippen molar-refractivity contribution >= 4 is 5.78 Å². The fourth-order valence-electron chi connectivity index (χ4n) is 5.34. The Morgan fingerprint density at radius 1 is 1.12 bits per heavy atom. The summed E-state index contributed by atoms with van der Waals surface area (Å²) in [5.74, 6) is -0.939. The van der Waals surface area contributed by atoms with Gasteiger partial charge in [-0.25, -0.2) is 0 Å². The van der Waals surface area contributed by atoms with Crippen molar-refractivity contribution in [3.63, 3.8) is 0 Å². The maximum absolute atomic E-state index is 12.9. The SMILES string of the molecule is CC(C)c1cc2c(c(O)c1O)[C@@]1(C)CCCC(C)(C)[C@@H]1[C@H](O)C2=O. The van der Waals surface area contributed by atoms with Gasteiger partial charge in [-0.05, 0) is 30.2 Å². The van der Waals surface area contributed by atoms with Crippen molar-refractivity contribution in [2.75, 3.05) is 0 Å². The number of rotatable bonds is 1. The lowest BCUT2D eigenvalue weighted by molar-refractivity contribution is -0.0396. The van der Waals surface area contributed by atoms with Crippen LogP contribution in [0.5, 0.6) is 11.5 Å². The van der Waals surface area contributed by atoms with E-state index in [4.69, 9.17) is 0 Å². The molecule has 1 saturated carbocycles. The van der Waals surface area contributed by atoms with E-state index in [2.05, 4.69) is 13.8 Å². The molecule has 2 aliphatic carbocycles. The van der Waals surface area contributed by atoms with E-state index < -0.39 is 11.5 Å². The maximum atomic E-state index is 12.9. The number of hydrogen-bond acceptors (Lipinski definition) is 4. The van der Waals surface area contributed by atoms with Crippen LogP contribution in [-0.4, -0.2) is 27.2 Å². The van der Waals surface area contributed by atoms with Gasteiger partial charge in [-0.2, -0.15) is 0 Å². The summed E-state index contributed by atoms with van der Waals surface area (Å²) in [4.78, 5) is 12.9. The van der Waals surface area contributed by atoms with Crippen molar-refractivity contribution in [3.8, 4) is 11.5 Å². The highest BCUT2D eigenvalue weighted by Crippen LogP contribution is 2.60. The second-order valence-electron chi connectivity index (χ2n) is 8.79. The smallest absolute Gasteiger partial charge is 0.192 e. The molecule has 24 heavy (non-hydrogen) atoms. The average molecular weight is 332 g/mol. The maximum Gasteiger partial charge on any atom is 0.192 e. The van der Waals surface area contributed by atoms with Gasteiger partial charge in [-0.3, -0.25) is 4.79 Å². The average Bonchev–Trinajstić information content (AvgIpc) is 2.46. The molecular weight excluding hydrogens is 304 g/mol. The number of carbonyl (C=O) groups excluding carboxylic acids is 1. The van der Waals surface area contributed by atoms with Gasteiger partial charge >= 0.3 is 0 Å². The second kappa shape index (κ2) is 5.22. The van der Waals surface area contributed by atoms with E-state index in [1.54, 1.807) is 6.07 Å². The molecule has 0 bridgehead atoms. The number of aliphatic hydroxyl groups is 1. The molecule has 1 aromatic carbocycles. The van der Waals surface area contributed by atoms with E-state index >= 15 is 0 Å². The number of aliphatic hydroxyl groups excluding tert-OH is 1. The molecule has 1 aromatic rings. The molecule has 132 valence electrons. The van der Waals surface area contributed by atoms with Gasteiger partial charge in [0.25, 0.3) is 0 Å². The van der Waals surface area contributed by atoms with Crippen molar-refractivity contribution in [2.45, 2.75) is 71.3 Å². The predicted octanol–water partition coefficient (Wildman–Crippen LogP) is 3.86. The lowest BCUT2D eigenvalue weighted by Crippen LogP contribution is -2.56. The predicted molar refractivity (Wildman–Crippen MR) is 92.7 cm³/mol. The highest BCUT2D eigenvalue weighted by atomic mass is 16.3. The number of phenols is 2. The van der Waals surface area contributed by atoms with Crippen LogP contribution in [0.3, 0.4) is 0 Å². The molecular formula is C20H28O4. The van der Waals surface area contributed by atoms with Crippen LogP contribution in [0.2, 0.25) is 0 Å². The van der Waals surface area contributed by atoms with Crippen LogP contribution in [0.4, 0.5) is 0 Å². The molecule has 0 radical (unpaired) electrons. The zero-order chi connectivity index (χ0) is 18.0. The van der Waals surface area contributed by atoms with Gasteiger partial charge in [-0.15, -0.1) is 0 Å². The number of fused-ring (bicyclic) bond motifs is 3. The zero-order valence-electron chi connectivity index (χ0n) is 15.2. The Bertz CT molecular complexity index is 704. The molecule has 0 unspecified atom stereocenters. The molecule has 0 amide bonds. The molecule has 4 heteroatoms. The Kier molecular flexibility index (Phi) is 3.76. The van der Waals surface area contributed by atoms with Crippen LogP contribution >= 0.6 is 0 Å². The summed E-state index contributed by atoms with van der Waals surface area (Å²) in [5, 5.41) is 32.1. The minimum absolute atomic E-state index is 0.0283. The highest BCUT2D eigenvalue weighted by molar-refractivity contribution is 6.04. The Morgan fingerprint density at radius 2 is 1.75 bits per heavy atom. The minimum Gasteiger partial charge on any atom is -0.504 e. The van der Waals surface area contributed by atoms with Gasteiger partial charge in [-0.1, -0.05) is 41.0 Å². The summed E-state index contributed by atoms with van der Waals surface area (Å²) in [6.07, 6.45) is 1.62. The summed E-state index contributed by atoms with van der Waals surface area (Å²) in [7, 11) is 0. The summed E-state index contributed by atoms with van der Waals surface area (Å²) >= 11 is 0. The Balaban J connectivity index is 2.34. The standard InChI is InChI=1S/C20H28O4/c1-10(2)11-9-12-13(16(23)14(11)21)20(5)8-6-7-19(3,4)18(20)17(24)15(12)22/h9-10,17-18,21,23-24H,6-8H2,1-5H3/t17-,18+,20-/m1/s1. The molecule has 3 rings (SSSR count). The first kappa shape index (κ1) is 17.3. The summed E-state index contributed by atoms with van der Waals surface area (Å²) in [6, 6.07) is 1.67. The first-order chi connectivity index (χ1) is 11.0. The zero-order valence-corrected chi connectivity index (χ0v) is 15.2. The summed E-state index contributed by atoms with van der Waals surface area (Å²) in [5.41, 5.74) is 0.708. The normalized spacial score (nSPS) is 31.7. The number of phenolic OH excluding ortho intramolecular Hbond substituents is 2. The first-order valence-electron chi connectivity index (χ1n) is 8.84. The topological polar surface area (TPSA) is 77.8 Å². The lowest BCUT2D eigenvalue weighted by Gasteiger charge is -2.55. The number of hydrogen-bond donors (Lipinski definition) is 3. The van der Waals surface area contributed by atoms with E-state index in [1.807, 2.05) is 20.8 Å². The second-order valence-corrected chi connectivity index (χ2v) is 8.79. The van der Waals surface area contributed by atoms with Crippen molar-refractivity contribution in [3.05, 3.63) is 22.8 Å². The Hall–Kier alpha value is -1.55. The molecule has 0 aromatic heterocycles. The molecule has 0 spiro atoms. The van der Waals surface area contributed by atoms with Crippen LogP contribution in [0.25, 0.3) is 0 Å². The van der Waals surface area contributed by atoms with Crippen LogP contribution in [0, 0.1) is 11.3 Å². The molecule has 4 nitrogen and oxygen atoms in total. The van der Waals surface area contributed by atoms with Gasteiger partial charge in [0.2, 0.25) is 0 Å². The van der Waals surface area contributed by atoms with E-state index in [1.165, 1.54) is 0 Å². The minimum atomic E-state index is -1.07. The van der Waals surface area contributed by atoms with E-state index in [9.17, 15) is 20.1 Å². The fourth-order valence-corrected chi connectivity index (χ4v) is 5.34. The Morgan fingerprint density at radius 3 is 2.33 bits per heavy atom. The number of carbonyl (C=O) groups is 1. The third-order valence-corrected chi connectivity index (χ3v) is 6.39. The van der Waals surface area contributed by atoms with E-state index in [0.717, 1.165) is 19.3 Å². The van der Waals surface area contributed by atoms with E-state index in [-0.39, 0.29) is 34.5 Å². The number of ketones is 1. The van der Waals surface area contributed by atoms with Gasteiger partial charge < -0.3 is 15.3 Å². The molecule has 2 aliphatic rings. The molecule has 0 heterocycles. The van der Waals surface area contributed by atoms with Crippen molar-refractivity contribution in [1.82, 2.24) is 0 Å². The van der Waals surface area contributed by atoms with Crippen molar-refractivity contribution in [2.24, 2.45) is 11.3 Å². The molecule has 1 fully saturated rings. The fraction of sp³-hybridized carbons (Fsp3) is 0.650. The van der Waals surface area contributed by atoms with Crippen molar-refractivity contribution < 1.29 is 20.1 Å². The first-order valence-corrected chi connectivity index (χ1v) is 8.84. The molecule has 0 aliphatic heterocycles. The van der Waals surface area contributed by atoms with Crippen LogP contribution in [0.15, 0.2) is 6.07 Å². The lowest BCUT2D eigenvalue weighted by atomic mass is 9.49. The van der Waals surface area contributed by atoms with Gasteiger partial charge in [0.15, 0.2) is 17.3 Å². The number of Topliss-reactive ketones (excluding diaryl/α,β-unsaturated/α-hetero) is 1. The summed E-state index contributed by atoms with van der Waals surface area (Å²) < 4.78 is 0. The largest absolute Gasteiger partial charge is 0.504 e. The van der Waals surface area contributed by atoms with Gasteiger partial charge in [0, 0.05) is 28.0 Å². The molecule has 3 N–H and O–H groups in total. The quantitative estimate of drug-likeness (QED) is 0.682. The monoisotopic (exact) mass is 332 g/mol. The summed E-state index contributed by atoms with van der Waals surface area (Å²) in [6.45, 7) is 9.98. The van der Waals surface area contributed by atoms with Crippen LogP contribution in [0.1, 0.15) is 81.3 Å². The number of benzene rings is 1. The third-order valence-electron chi connectivity index (χ3n) is 6.39. The number of aromatic hydroxyl groups is 2. The van der Waals surface area contributed by atoms with Gasteiger partial charge in [0.05, 0.1) is 0 Å². The molecule has 0 saturated heterocycles.